The molecule has 0 saturated carbocycles. The van der Waals surface area contributed by atoms with Crippen LogP contribution < -0.4 is 11.3 Å². The first-order valence-electron chi connectivity index (χ1n) is 6.76. The van der Waals surface area contributed by atoms with Gasteiger partial charge in [-0.15, -0.1) is 11.6 Å². The zero-order chi connectivity index (χ0) is 13.7. The summed E-state index contributed by atoms with van der Waals surface area (Å²) in [5.74, 6) is 7.37. The highest BCUT2D eigenvalue weighted by molar-refractivity contribution is 6.17. The molecular formula is C14H21ClN4. The molecule has 0 aliphatic rings. The Morgan fingerprint density at radius 2 is 2.21 bits per heavy atom. The molecule has 0 amide bonds. The van der Waals surface area contributed by atoms with Gasteiger partial charge in [0, 0.05) is 24.9 Å². The monoisotopic (exact) mass is 280 g/mol. The van der Waals surface area contributed by atoms with Crippen LogP contribution in [0.25, 0.3) is 11.0 Å². The van der Waals surface area contributed by atoms with Crippen molar-refractivity contribution < 1.29 is 0 Å². The van der Waals surface area contributed by atoms with Crippen LogP contribution in [-0.2, 0) is 13.0 Å². The average molecular weight is 281 g/mol. The minimum atomic E-state index is 0.223. The highest BCUT2D eigenvalue weighted by Gasteiger charge is 2.14. The van der Waals surface area contributed by atoms with E-state index in [0.29, 0.717) is 5.88 Å². The zero-order valence-electron chi connectivity index (χ0n) is 11.3. The Labute approximate surface area is 118 Å². The van der Waals surface area contributed by atoms with Gasteiger partial charge in [-0.2, -0.15) is 0 Å². The van der Waals surface area contributed by atoms with Crippen LogP contribution in [0.2, 0.25) is 0 Å². The number of rotatable bonds is 7. The minimum Gasteiger partial charge on any atom is -0.328 e. The van der Waals surface area contributed by atoms with Crippen LogP contribution in [0.4, 0.5) is 0 Å². The fourth-order valence-corrected chi connectivity index (χ4v) is 2.58. The molecule has 0 fully saturated rings. The van der Waals surface area contributed by atoms with E-state index < -0.39 is 0 Å². The zero-order valence-corrected chi connectivity index (χ0v) is 12.0. The number of para-hydroxylation sites is 2. The van der Waals surface area contributed by atoms with Crippen molar-refractivity contribution in [3.63, 3.8) is 0 Å². The number of nitrogens with zero attached hydrogens (tertiary/aromatic N) is 2. The lowest BCUT2D eigenvalue weighted by atomic mass is 10.1. The molecule has 1 aromatic carbocycles. The molecule has 1 atom stereocenters. The van der Waals surface area contributed by atoms with Crippen molar-refractivity contribution in [1.29, 1.82) is 0 Å². The number of imidazole rings is 1. The summed E-state index contributed by atoms with van der Waals surface area (Å²) in [6.45, 7) is 3.06. The summed E-state index contributed by atoms with van der Waals surface area (Å²) in [6.07, 6.45) is 2.76. The summed E-state index contributed by atoms with van der Waals surface area (Å²) in [7, 11) is 0. The molecule has 2 rings (SSSR count). The number of fused-ring (bicyclic) bond motifs is 1. The van der Waals surface area contributed by atoms with Crippen LogP contribution >= 0.6 is 11.6 Å². The smallest absolute Gasteiger partial charge is 0.111 e. The van der Waals surface area contributed by atoms with Gasteiger partial charge in [0.1, 0.15) is 5.82 Å². The van der Waals surface area contributed by atoms with Gasteiger partial charge in [-0.25, -0.2) is 4.98 Å². The predicted molar refractivity (Wildman–Crippen MR) is 80.2 cm³/mol. The second-order valence-corrected chi connectivity index (χ2v) is 5.04. The Balaban J connectivity index is 2.23. The summed E-state index contributed by atoms with van der Waals surface area (Å²) in [5, 5.41) is 0. The molecule has 19 heavy (non-hydrogen) atoms. The van der Waals surface area contributed by atoms with Crippen LogP contribution in [0.1, 0.15) is 25.6 Å². The molecular weight excluding hydrogens is 260 g/mol. The van der Waals surface area contributed by atoms with Crippen molar-refractivity contribution in [2.75, 3.05) is 5.88 Å². The van der Waals surface area contributed by atoms with Crippen molar-refractivity contribution in [2.45, 2.75) is 38.8 Å². The number of aryl methyl sites for hydroxylation is 1. The lowest BCUT2D eigenvalue weighted by Gasteiger charge is -2.15. The molecule has 4 nitrogen and oxygen atoms in total. The van der Waals surface area contributed by atoms with Gasteiger partial charge in [0.05, 0.1) is 11.0 Å². The fraction of sp³-hybridized carbons (Fsp3) is 0.500. The third-order valence-electron chi connectivity index (χ3n) is 3.40. The molecule has 0 aliphatic carbocycles. The summed E-state index contributed by atoms with van der Waals surface area (Å²) in [4.78, 5) is 4.71. The molecule has 0 bridgehead atoms. The topological polar surface area (TPSA) is 55.9 Å². The summed E-state index contributed by atoms with van der Waals surface area (Å²) in [5.41, 5.74) is 5.11. The Bertz CT molecular complexity index is 523. The van der Waals surface area contributed by atoms with Crippen molar-refractivity contribution in [3.8, 4) is 0 Å². The number of hydrazine groups is 1. The van der Waals surface area contributed by atoms with Crippen LogP contribution in [0, 0.1) is 0 Å². The maximum atomic E-state index is 5.74. The van der Waals surface area contributed by atoms with Crippen LogP contribution in [0.15, 0.2) is 24.3 Å². The van der Waals surface area contributed by atoms with E-state index in [9.17, 15) is 0 Å². The number of benzene rings is 1. The minimum absolute atomic E-state index is 0.223. The van der Waals surface area contributed by atoms with Crippen molar-refractivity contribution >= 4 is 22.6 Å². The first-order valence-corrected chi connectivity index (χ1v) is 7.29. The standard InChI is InChI=1S/C14H21ClN4/c1-2-19-13-8-4-3-7-12(13)17-14(19)10-11(18-16)6-5-9-15/h3-4,7-8,11,18H,2,5-6,9-10,16H2,1H3. The molecule has 1 aromatic heterocycles. The SMILES string of the molecule is CCn1c(CC(CCCCl)NN)nc2ccccc21. The van der Waals surface area contributed by atoms with Gasteiger partial charge in [-0.3, -0.25) is 11.3 Å². The van der Waals surface area contributed by atoms with Gasteiger partial charge < -0.3 is 4.57 Å². The maximum Gasteiger partial charge on any atom is 0.111 e. The number of nitrogens with one attached hydrogen (secondary N) is 1. The second-order valence-electron chi connectivity index (χ2n) is 4.66. The molecule has 0 radical (unpaired) electrons. The van der Waals surface area contributed by atoms with E-state index in [-0.39, 0.29) is 6.04 Å². The Kier molecular flexibility index (Phi) is 5.19. The normalized spacial score (nSPS) is 13.0. The number of alkyl halides is 1. The third-order valence-corrected chi connectivity index (χ3v) is 3.67. The second kappa shape index (κ2) is 6.89. The summed E-state index contributed by atoms with van der Waals surface area (Å²) in [6, 6.07) is 8.45. The first-order chi connectivity index (χ1) is 9.30. The molecule has 5 heteroatoms. The van der Waals surface area contributed by atoms with E-state index in [4.69, 9.17) is 22.4 Å². The number of hydrogen-bond donors (Lipinski definition) is 2. The van der Waals surface area contributed by atoms with Gasteiger partial charge in [0.2, 0.25) is 0 Å². The lowest BCUT2D eigenvalue weighted by molar-refractivity contribution is 0.470. The van der Waals surface area contributed by atoms with E-state index in [1.165, 1.54) is 5.52 Å². The van der Waals surface area contributed by atoms with Crippen molar-refractivity contribution in [2.24, 2.45) is 5.84 Å². The fourth-order valence-electron chi connectivity index (χ4n) is 2.42. The number of halogens is 1. The predicted octanol–water partition coefficient (Wildman–Crippen LogP) is 2.45. The Morgan fingerprint density at radius 1 is 1.42 bits per heavy atom. The molecule has 3 N–H and O–H groups in total. The van der Waals surface area contributed by atoms with E-state index in [0.717, 1.165) is 37.1 Å². The largest absolute Gasteiger partial charge is 0.328 e. The number of nitrogens with two attached hydrogens (primary N) is 1. The molecule has 0 saturated heterocycles. The van der Waals surface area contributed by atoms with Gasteiger partial charge in [0.25, 0.3) is 0 Å². The van der Waals surface area contributed by atoms with E-state index >= 15 is 0 Å². The molecule has 0 spiro atoms. The van der Waals surface area contributed by atoms with E-state index in [1.807, 2.05) is 12.1 Å². The van der Waals surface area contributed by atoms with Crippen molar-refractivity contribution in [3.05, 3.63) is 30.1 Å². The highest BCUT2D eigenvalue weighted by atomic mass is 35.5. The van der Waals surface area contributed by atoms with Crippen molar-refractivity contribution in [1.82, 2.24) is 15.0 Å². The van der Waals surface area contributed by atoms with E-state index in [1.54, 1.807) is 0 Å². The van der Waals surface area contributed by atoms with Crippen LogP contribution in [0.3, 0.4) is 0 Å². The molecule has 1 unspecified atom stereocenters. The first kappa shape index (κ1) is 14.3. The summed E-state index contributed by atoms with van der Waals surface area (Å²) < 4.78 is 2.25. The lowest BCUT2D eigenvalue weighted by Crippen LogP contribution is -2.37. The Hall–Kier alpha value is -1.10. The molecule has 2 aromatic rings. The number of hydrogen-bond acceptors (Lipinski definition) is 3. The molecule has 104 valence electrons. The average Bonchev–Trinajstić information content (AvgIpc) is 2.80. The van der Waals surface area contributed by atoms with Gasteiger partial charge in [-0.1, -0.05) is 12.1 Å². The Morgan fingerprint density at radius 3 is 2.89 bits per heavy atom. The molecule has 0 aliphatic heterocycles. The number of aromatic nitrogens is 2. The third kappa shape index (κ3) is 3.26. The summed E-state index contributed by atoms with van der Waals surface area (Å²) >= 11 is 5.74. The van der Waals surface area contributed by atoms with Crippen LogP contribution in [-0.4, -0.2) is 21.5 Å². The quantitative estimate of drug-likeness (QED) is 0.465. The maximum absolute atomic E-state index is 5.74. The van der Waals surface area contributed by atoms with Gasteiger partial charge in [-0.05, 0) is 31.9 Å². The van der Waals surface area contributed by atoms with E-state index in [2.05, 4.69) is 29.0 Å². The van der Waals surface area contributed by atoms with Gasteiger partial charge in [0.15, 0.2) is 0 Å². The molecule has 1 heterocycles. The highest BCUT2D eigenvalue weighted by Crippen LogP contribution is 2.17. The van der Waals surface area contributed by atoms with Gasteiger partial charge >= 0.3 is 0 Å². The van der Waals surface area contributed by atoms with Crippen LogP contribution in [0.5, 0.6) is 0 Å².